The molecule has 23 heteroatoms. The number of nitrogen functional groups attached to an aromatic ring is 1. The van der Waals surface area contributed by atoms with Crippen molar-refractivity contribution < 1.29 is 46.9 Å². The summed E-state index contributed by atoms with van der Waals surface area (Å²) in [6.07, 6.45) is -6.11. The molecule has 0 aromatic carbocycles. The lowest BCUT2D eigenvalue weighted by Crippen LogP contribution is -2.35. The summed E-state index contributed by atoms with van der Waals surface area (Å²) in [7, 11) is 0. The quantitative estimate of drug-likeness (QED) is 0.207. The van der Waals surface area contributed by atoms with Gasteiger partial charge in [0, 0.05) is 0 Å². The van der Waals surface area contributed by atoms with Crippen LogP contribution in [0.25, 0.3) is 22.3 Å². The molecule has 5 N–H and O–H groups in total. The molecule has 0 saturated carbocycles. The largest absolute Gasteiger partial charge is 0.387 e. The summed E-state index contributed by atoms with van der Waals surface area (Å²) in [5.41, 5.74) is 7.67. The molecule has 2 bridgehead atoms. The molecular weight excluding hydrogens is 667 g/mol. The fourth-order valence-corrected chi connectivity index (χ4v) is 8.14. The summed E-state index contributed by atoms with van der Waals surface area (Å²) >= 11 is 10.5. The molecule has 7 heterocycles. The molecular formula is C21H24FN9O9P2S2. The number of anilines is 1. The molecule has 4 aromatic heterocycles. The second-order valence-electron chi connectivity index (χ2n) is 10.1. The zero-order valence-electron chi connectivity index (χ0n) is 22.4. The number of aliphatic hydroxyl groups is 1. The lowest BCUT2D eigenvalue weighted by molar-refractivity contribution is -0.0602. The Morgan fingerprint density at radius 3 is 2.14 bits per heavy atom. The van der Waals surface area contributed by atoms with Crippen molar-refractivity contribution in [1.82, 2.24) is 39.0 Å². The third-order valence-corrected chi connectivity index (χ3v) is 10.5. The average molecular weight is 692 g/mol. The van der Waals surface area contributed by atoms with Crippen LogP contribution in [0, 0.1) is 6.92 Å². The van der Waals surface area contributed by atoms with E-state index >= 15 is 4.39 Å². The number of aryl methyl sites for hydroxylation is 1. The van der Waals surface area contributed by atoms with Gasteiger partial charge in [-0.15, -0.1) is 0 Å². The number of rotatable bonds is 2. The standard InChI is InChI=1S/C21H24FN9O9P2S2/c1-8-12-18(26-4-24-8)31(6-28-12)21-16-14(32)9(37-21)2-35-41(33,43)39-15-10(3-36-42(34,44)40-16)38-20(11(15)22)30-7-29-13-17(23)25-5-27-19(13)30/h4-7,9-11,14-16,20-21,32H,2-3H2,1H3,(H,33,43)(H,34,44)(H2,23,25,27)/t9-,10-,11-,14-,15-,16-,20-,21-,41?,42?/m1/s1. The minimum atomic E-state index is -4.20. The molecule has 7 rings (SSSR count). The first-order valence-electron chi connectivity index (χ1n) is 12.9. The number of aromatic nitrogens is 8. The maximum absolute atomic E-state index is 16.0. The highest BCUT2D eigenvalue weighted by molar-refractivity contribution is 8.07. The van der Waals surface area contributed by atoms with Crippen LogP contribution < -0.4 is 5.73 Å². The molecule has 0 spiro atoms. The number of hydrogen-bond acceptors (Lipinski definition) is 16. The van der Waals surface area contributed by atoms with Gasteiger partial charge in [-0.2, -0.15) is 0 Å². The van der Waals surface area contributed by atoms with Gasteiger partial charge in [0.25, 0.3) is 0 Å². The summed E-state index contributed by atoms with van der Waals surface area (Å²) in [6.45, 7) is -7.70. The van der Waals surface area contributed by atoms with E-state index in [1.54, 1.807) is 6.92 Å². The number of fused-ring (bicyclic) bond motifs is 5. The Balaban J connectivity index is 1.20. The summed E-state index contributed by atoms with van der Waals surface area (Å²) in [4.78, 5) is 46.8. The van der Waals surface area contributed by atoms with E-state index in [2.05, 4.69) is 29.9 Å². The van der Waals surface area contributed by atoms with E-state index in [0.29, 0.717) is 16.9 Å². The van der Waals surface area contributed by atoms with Gasteiger partial charge in [0.15, 0.2) is 35.7 Å². The lowest BCUT2D eigenvalue weighted by Gasteiger charge is -2.27. The predicted octanol–water partition coefficient (Wildman–Crippen LogP) is 0.301. The van der Waals surface area contributed by atoms with E-state index in [9.17, 15) is 14.9 Å². The predicted molar refractivity (Wildman–Crippen MR) is 153 cm³/mol. The van der Waals surface area contributed by atoms with Gasteiger partial charge in [-0.25, -0.2) is 34.3 Å². The van der Waals surface area contributed by atoms with Crippen molar-refractivity contribution in [2.75, 3.05) is 18.9 Å². The molecule has 10 atom stereocenters. The molecule has 0 radical (unpaired) electrons. The Bertz CT molecular complexity index is 1840. The Morgan fingerprint density at radius 2 is 1.41 bits per heavy atom. The van der Waals surface area contributed by atoms with Crippen LogP contribution in [0.5, 0.6) is 0 Å². The van der Waals surface area contributed by atoms with Crippen LogP contribution in [-0.2, 0) is 51.2 Å². The van der Waals surface area contributed by atoms with Gasteiger partial charge in [-0.05, 0) is 30.5 Å². The lowest BCUT2D eigenvalue weighted by atomic mass is 10.1. The van der Waals surface area contributed by atoms with Gasteiger partial charge in [-0.3, -0.25) is 18.2 Å². The third kappa shape index (κ3) is 5.34. The SMILES string of the molecule is Cc1ncnc2c1ncn2[C@@H]1O[C@@H]2COP(O)(=S)O[C@H]3[C@@H](F)[C@H](n4cnc5c(N)ncnc54)O[C@@H]3COP(O)(=S)O[C@@H]1[C@@H]2O. The van der Waals surface area contributed by atoms with Crippen LogP contribution in [0.15, 0.2) is 25.3 Å². The monoisotopic (exact) mass is 691 g/mol. The van der Waals surface area contributed by atoms with Gasteiger partial charge < -0.3 is 39.1 Å². The Hall–Kier alpha value is -2.23. The minimum absolute atomic E-state index is 0.0743. The Kier molecular flexibility index (Phi) is 7.77. The summed E-state index contributed by atoms with van der Waals surface area (Å²) in [5.74, 6) is 0.0743. The molecule has 3 aliphatic rings. The molecule has 236 valence electrons. The molecule has 3 saturated heterocycles. The third-order valence-electron chi connectivity index (χ3n) is 7.37. The fraction of sp³-hybridized carbons (Fsp3) is 0.524. The first-order valence-corrected chi connectivity index (χ1v) is 18.1. The normalized spacial score (nSPS) is 38.3. The zero-order valence-corrected chi connectivity index (χ0v) is 25.8. The number of halogens is 1. The number of nitrogens with two attached hydrogens (primary N) is 1. The second kappa shape index (κ2) is 11.2. The highest BCUT2D eigenvalue weighted by Crippen LogP contribution is 2.54. The van der Waals surface area contributed by atoms with Gasteiger partial charge >= 0.3 is 13.4 Å². The van der Waals surface area contributed by atoms with E-state index in [4.69, 9.17) is 56.9 Å². The molecule has 4 aromatic rings. The minimum Gasteiger partial charge on any atom is -0.387 e. The van der Waals surface area contributed by atoms with Crippen LogP contribution >= 0.6 is 13.4 Å². The van der Waals surface area contributed by atoms with E-state index in [1.165, 1.54) is 34.4 Å². The van der Waals surface area contributed by atoms with Crippen molar-refractivity contribution in [3.8, 4) is 0 Å². The second-order valence-corrected chi connectivity index (χ2v) is 15.7. The van der Waals surface area contributed by atoms with Gasteiger partial charge in [0.2, 0.25) is 0 Å². The molecule has 44 heavy (non-hydrogen) atoms. The summed E-state index contributed by atoms with van der Waals surface area (Å²) < 4.78 is 53.2. The number of alkyl halides is 1. The fourth-order valence-electron chi connectivity index (χ4n) is 5.29. The van der Waals surface area contributed by atoms with Crippen LogP contribution in [0.3, 0.4) is 0 Å². The first kappa shape index (κ1) is 30.4. The first-order chi connectivity index (χ1) is 20.9. The number of aliphatic hydroxyl groups excluding tert-OH is 1. The van der Waals surface area contributed by atoms with Gasteiger partial charge in [-0.1, -0.05) is 0 Å². The van der Waals surface area contributed by atoms with Crippen LogP contribution in [-0.4, -0.2) is 104 Å². The van der Waals surface area contributed by atoms with Crippen LogP contribution in [0.2, 0.25) is 0 Å². The summed E-state index contributed by atoms with van der Waals surface area (Å²) in [5, 5.41) is 11.2. The molecule has 2 unspecified atom stereocenters. The van der Waals surface area contributed by atoms with Crippen molar-refractivity contribution in [3.63, 3.8) is 0 Å². The van der Waals surface area contributed by atoms with Crippen molar-refractivity contribution in [2.24, 2.45) is 0 Å². The number of nitrogens with zero attached hydrogens (tertiary/aromatic N) is 8. The topological polar surface area (TPSA) is 229 Å². The Labute approximate surface area is 256 Å². The van der Waals surface area contributed by atoms with E-state index in [-0.39, 0.29) is 17.0 Å². The molecule has 3 fully saturated rings. The molecule has 0 amide bonds. The number of imidazole rings is 2. The van der Waals surface area contributed by atoms with Gasteiger partial charge in [0.1, 0.15) is 54.2 Å². The number of hydrogen-bond donors (Lipinski definition) is 4. The molecule has 3 aliphatic heterocycles. The molecule has 18 nitrogen and oxygen atoms in total. The smallest absolute Gasteiger partial charge is 0.325 e. The average Bonchev–Trinajstić information content (AvgIpc) is 3.73. The highest BCUT2D eigenvalue weighted by Gasteiger charge is 2.53. The van der Waals surface area contributed by atoms with E-state index in [1.807, 2.05) is 0 Å². The van der Waals surface area contributed by atoms with Crippen LogP contribution in [0.1, 0.15) is 18.1 Å². The van der Waals surface area contributed by atoms with Crippen molar-refractivity contribution in [1.29, 1.82) is 0 Å². The maximum Gasteiger partial charge on any atom is 0.325 e. The van der Waals surface area contributed by atoms with Crippen LogP contribution in [0.4, 0.5) is 10.2 Å². The highest BCUT2D eigenvalue weighted by atomic mass is 32.5. The van der Waals surface area contributed by atoms with E-state index < -0.39 is 75.8 Å². The van der Waals surface area contributed by atoms with E-state index in [0.717, 1.165) is 0 Å². The number of ether oxygens (including phenoxy) is 2. The van der Waals surface area contributed by atoms with Crippen molar-refractivity contribution >= 4 is 65.2 Å². The maximum atomic E-state index is 16.0. The summed E-state index contributed by atoms with van der Waals surface area (Å²) in [6, 6.07) is 0. The van der Waals surface area contributed by atoms with Gasteiger partial charge in [0.05, 0.1) is 31.6 Å². The van der Waals surface area contributed by atoms with Crippen molar-refractivity contribution in [3.05, 3.63) is 31.0 Å². The Morgan fingerprint density at radius 1 is 0.841 bits per heavy atom. The zero-order chi connectivity index (χ0) is 31.0. The molecule has 0 aliphatic carbocycles. The van der Waals surface area contributed by atoms with Crippen molar-refractivity contribution in [2.45, 2.75) is 56.1 Å².